The highest BCUT2D eigenvalue weighted by Crippen LogP contribution is 2.28. The van der Waals surface area contributed by atoms with E-state index in [4.69, 9.17) is 5.73 Å². The van der Waals surface area contributed by atoms with E-state index in [0.29, 0.717) is 5.92 Å². The number of nitrogens with one attached hydrogen (secondary N) is 1. The summed E-state index contributed by atoms with van der Waals surface area (Å²) in [5, 5.41) is 3.06. The van der Waals surface area contributed by atoms with Crippen LogP contribution in [0.25, 0.3) is 0 Å². The largest absolute Gasteiger partial charge is 0.355 e. The van der Waals surface area contributed by atoms with Crippen molar-refractivity contribution in [2.75, 3.05) is 13.1 Å². The van der Waals surface area contributed by atoms with E-state index < -0.39 is 0 Å². The van der Waals surface area contributed by atoms with Crippen molar-refractivity contribution in [1.29, 1.82) is 0 Å². The summed E-state index contributed by atoms with van der Waals surface area (Å²) in [6.45, 7) is 7.89. The Bertz CT molecular complexity index is 233. The van der Waals surface area contributed by atoms with Crippen molar-refractivity contribution in [2.24, 2.45) is 23.0 Å². The summed E-state index contributed by atoms with van der Waals surface area (Å²) in [5.41, 5.74) is 5.84. The number of rotatable bonds is 3. The molecule has 2 atom stereocenters. The second-order valence-electron chi connectivity index (χ2n) is 6.24. The molecular weight excluding hydrogens is 200 g/mol. The van der Waals surface area contributed by atoms with Gasteiger partial charge in [0.25, 0.3) is 0 Å². The summed E-state index contributed by atoms with van der Waals surface area (Å²) in [5.74, 6) is 0.983. The first kappa shape index (κ1) is 13.5. The third-order valence-electron chi connectivity index (χ3n) is 3.28. The molecule has 16 heavy (non-hydrogen) atoms. The summed E-state index contributed by atoms with van der Waals surface area (Å²) in [6, 6.07) is 0. The van der Waals surface area contributed by atoms with Crippen molar-refractivity contribution in [2.45, 2.75) is 46.5 Å². The molecule has 94 valence electrons. The van der Waals surface area contributed by atoms with Gasteiger partial charge in [0.05, 0.1) is 0 Å². The Morgan fingerprint density at radius 2 is 2.06 bits per heavy atom. The number of hydrogen-bond acceptors (Lipinski definition) is 2. The third kappa shape index (κ3) is 4.52. The first-order valence-electron chi connectivity index (χ1n) is 6.40. The molecule has 0 saturated heterocycles. The molecule has 1 aliphatic carbocycles. The van der Waals surface area contributed by atoms with E-state index in [1.165, 1.54) is 6.42 Å². The summed E-state index contributed by atoms with van der Waals surface area (Å²) in [7, 11) is 0. The van der Waals surface area contributed by atoms with Crippen LogP contribution in [0.3, 0.4) is 0 Å². The van der Waals surface area contributed by atoms with Crippen molar-refractivity contribution in [3.05, 3.63) is 0 Å². The zero-order valence-electron chi connectivity index (χ0n) is 10.9. The van der Waals surface area contributed by atoms with Gasteiger partial charge in [-0.05, 0) is 37.1 Å². The molecule has 0 aliphatic heterocycles. The molecule has 1 fully saturated rings. The minimum atomic E-state index is 0.164. The van der Waals surface area contributed by atoms with Crippen LogP contribution in [0.2, 0.25) is 0 Å². The lowest BCUT2D eigenvalue weighted by Crippen LogP contribution is -2.39. The number of amides is 1. The molecule has 3 nitrogen and oxygen atoms in total. The standard InChI is InChI=1S/C13H26N2O/c1-13(2,3)9-15-12(16)11-6-4-5-10(7-11)8-14/h10-11H,4-9,14H2,1-3H3,(H,15,16). The Balaban J connectivity index is 2.36. The van der Waals surface area contributed by atoms with Crippen LogP contribution in [0.5, 0.6) is 0 Å². The summed E-state index contributed by atoms with van der Waals surface area (Å²) >= 11 is 0. The smallest absolute Gasteiger partial charge is 0.223 e. The van der Waals surface area contributed by atoms with Crippen LogP contribution in [0.4, 0.5) is 0 Å². The molecule has 2 unspecified atom stereocenters. The third-order valence-corrected chi connectivity index (χ3v) is 3.28. The van der Waals surface area contributed by atoms with Crippen LogP contribution >= 0.6 is 0 Å². The topological polar surface area (TPSA) is 55.1 Å². The number of carbonyl (C=O) groups is 1. The Morgan fingerprint density at radius 1 is 1.38 bits per heavy atom. The fraction of sp³-hybridized carbons (Fsp3) is 0.923. The van der Waals surface area contributed by atoms with Crippen molar-refractivity contribution in [3.63, 3.8) is 0 Å². The lowest BCUT2D eigenvalue weighted by atomic mass is 9.81. The molecule has 1 saturated carbocycles. The average molecular weight is 226 g/mol. The highest BCUT2D eigenvalue weighted by atomic mass is 16.1. The maximum atomic E-state index is 12.0. The van der Waals surface area contributed by atoms with E-state index in [9.17, 15) is 4.79 Å². The van der Waals surface area contributed by atoms with E-state index >= 15 is 0 Å². The molecule has 0 aromatic rings. The highest BCUT2D eigenvalue weighted by Gasteiger charge is 2.26. The predicted octanol–water partition coefficient (Wildman–Crippen LogP) is 1.91. The maximum absolute atomic E-state index is 12.0. The van der Waals surface area contributed by atoms with Crippen molar-refractivity contribution < 1.29 is 4.79 Å². The van der Waals surface area contributed by atoms with Gasteiger partial charge in [0, 0.05) is 12.5 Å². The quantitative estimate of drug-likeness (QED) is 0.772. The van der Waals surface area contributed by atoms with Crippen molar-refractivity contribution in [3.8, 4) is 0 Å². The lowest BCUT2D eigenvalue weighted by molar-refractivity contribution is -0.126. The molecule has 1 amide bonds. The average Bonchev–Trinajstić information content (AvgIpc) is 2.25. The molecule has 0 heterocycles. The van der Waals surface area contributed by atoms with Gasteiger partial charge in [-0.1, -0.05) is 27.2 Å². The van der Waals surface area contributed by atoms with Gasteiger partial charge in [-0.25, -0.2) is 0 Å². The lowest BCUT2D eigenvalue weighted by Gasteiger charge is -2.28. The monoisotopic (exact) mass is 226 g/mol. The zero-order valence-corrected chi connectivity index (χ0v) is 10.9. The van der Waals surface area contributed by atoms with Crippen LogP contribution < -0.4 is 11.1 Å². The van der Waals surface area contributed by atoms with Gasteiger partial charge >= 0.3 is 0 Å². The van der Waals surface area contributed by atoms with Gasteiger partial charge in [0.2, 0.25) is 5.91 Å². The van der Waals surface area contributed by atoms with Gasteiger partial charge in [-0.15, -0.1) is 0 Å². The van der Waals surface area contributed by atoms with Crippen LogP contribution in [0, 0.1) is 17.3 Å². The predicted molar refractivity (Wildman–Crippen MR) is 67.0 cm³/mol. The molecule has 0 aromatic carbocycles. The molecule has 0 spiro atoms. The summed E-state index contributed by atoms with van der Waals surface area (Å²) < 4.78 is 0. The molecule has 1 rings (SSSR count). The summed E-state index contributed by atoms with van der Waals surface area (Å²) in [4.78, 5) is 12.0. The molecule has 0 radical (unpaired) electrons. The van der Waals surface area contributed by atoms with E-state index in [0.717, 1.165) is 32.4 Å². The van der Waals surface area contributed by atoms with Crippen LogP contribution in [0.15, 0.2) is 0 Å². The molecule has 0 bridgehead atoms. The van der Waals surface area contributed by atoms with Gasteiger partial charge in [0.1, 0.15) is 0 Å². The molecule has 3 heteroatoms. The highest BCUT2D eigenvalue weighted by molar-refractivity contribution is 5.78. The van der Waals surface area contributed by atoms with E-state index in [1.807, 2.05) is 0 Å². The fourth-order valence-corrected chi connectivity index (χ4v) is 2.24. The summed E-state index contributed by atoms with van der Waals surface area (Å²) in [6.07, 6.45) is 4.36. The number of hydrogen-bond donors (Lipinski definition) is 2. The van der Waals surface area contributed by atoms with Crippen LogP contribution in [-0.4, -0.2) is 19.0 Å². The molecule has 0 aromatic heterocycles. The SMILES string of the molecule is CC(C)(C)CNC(=O)C1CCCC(CN)C1. The second kappa shape index (κ2) is 5.67. The van der Waals surface area contributed by atoms with E-state index in [-0.39, 0.29) is 17.2 Å². The minimum Gasteiger partial charge on any atom is -0.355 e. The molecule has 3 N–H and O–H groups in total. The van der Waals surface area contributed by atoms with Gasteiger partial charge < -0.3 is 11.1 Å². The van der Waals surface area contributed by atoms with Gasteiger partial charge in [-0.2, -0.15) is 0 Å². The first-order chi connectivity index (χ1) is 7.42. The van der Waals surface area contributed by atoms with E-state index in [1.54, 1.807) is 0 Å². The Hall–Kier alpha value is -0.570. The molecular formula is C13H26N2O. The minimum absolute atomic E-state index is 0.164. The fourth-order valence-electron chi connectivity index (χ4n) is 2.24. The van der Waals surface area contributed by atoms with Crippen molar-refractivity contribution in [1.82, 2.24) is 5.32 Å². The van der Waals surface area contributed by atoms with Gasteiger partial charge in [-0.3, -0.25) is 4.79 Å². The van der Waals surface area contributed by atoms with E-state index in [2.05, 4.69) is 26.1 Å². The van der Waals surface area contributed by atoms with Crippen molar-refractivity contribution >= 4 is 5.91 Å². The first-order valence-corrected chi connectivity index (χ1v) is 6.40. The Kier molecular flexibility index (Phi) is 4.78. The Morgan fingerprint density at radius 3 is 2.62 bits per heavy atom. The second-order valence-corrected chi connectivity index (χ2v) is 6.24. The van der Waals surface area contributed by atoms with Crippen LogP contribution in [0.1, 0.15) is 46.5 Å². The number of carbonyl (C=O) groups excluding carboxylic acids is 1. The Labute approximate surface area is 99.2 Å². The zero-order chi connectivity index (χ0) is 12.2. The normalized spacial score (nSPS) is 26.5. The van der Waals surface area contributed by atoms with Gasteiger partial charge in [0.15, 0.2) is 0 Å². The number of nitrogens with two attached hydrogens (primary N) is 1. The molecule has 1 aliphatic rings. The maximum Gasteiger partial charge on any atom is 0.223 e. The van der Waals surface area contributed by atoms with Crippen LogP contribution in [-0.2, 0) is 4.79 Å².